The summed E-state index contributed by atoms with van der Waals surface area (Å²) in [5.74, 6) is 1.46. The van der Waals surface area contributed by atoms with Gasteiger partial charge in [-0.15, -0.1) is 0 Å². The molecule has 1 N–H and O–H groups in total. The van der Waals surface area contributed by atoms with Gasteiger partial charge in [-0.05, 0) is 60.4 Å². The molecule has 38 heavy (non-hydrogen) atoms. The van der Waals surface area contributed by atoms with E-state index in [4.69, 9.17) is 9.47 Å². The Kier molecular flexibility index (Phi) is 8.28. The highest BCUT2D eigenvalue weighted by molar-refractivity contribution is 5.42. The predicted octanol–water partition coefficient (Wildman–Crippen LogP) is 7.77. The quantitative estimate of drug-likeness (QED) is 0.238. The molecule has 0 spiro atoms. The molecule has 3 nitrogen and oxygen atoms in total. The number of hydrogen-bond donors (Lipinski definition) is 1. The van der Waals surface area contributed by atoms with E-state index >= 15 is 0 Å². The molecule has 4 aromatic rings. The number of ether oxygens (including phenoxy) is 2. The van der Waals surface area contributed by atoms with Crippen molar-refractivity contribution in [2.75, 3.05) is 13.2 Å². The molecule has 0 atom stereocenters. The summed E-state index contributed by atoms with van der Waals surface area (Å²) < 4.78 is 11.7. The molecule has 0 saturated carbocycles. The fraction of sp³-hybridized carbons (Fsp3) is 0.314. The van der Waals surface area contributed by atoms with Crippen LogP contribution in [0.25, 0.3) is 0 Å². The van der Waals surface area contributed by atoms with Crippen molar-refractivity contribution in [1.82, 2.24) is 0 Å². The molecule has 0 radical (unpaired) electrons. The lowest BCUT2D eigenvalue weighted by Crippen LogP contribution is -2.25. The molecule has 0 unspecified atom stereocenters. The zero-order chi connectivity index (χ0) is 27.3. The Balaban J connectivity index is 1.28. The summed E-state index contributed by atoms with van der Waals surface area (Å²) in [7, 11) is 0. The van der Waals surface area contributed by atoms with Crippen molar-refractivity contribution in [3.63, 3.8) is 0 Å². The van der Waals surface area contributed by atoms with E-state index < -0.39 is 6.10 Å². The van der Waals surface area contributed by atoms with Crippen LogP contribution >= 0.6 is 0 Å². The van der Waals surface area contributed by atoms with Crippen LogP contribution in [0, 0.1) is 13.8 Å². The fourth-order valence-electron chi connectivity index (χ4n) is 4.64. The van der Waals surface area contributed by atoms with E-state index in [1.165, 1.54) is 33.4 Å². The Morgan fingerprint density at radius 3 is 1.05 bits per heavy atom. The third-order valence-electron chi connectivity index (χ3n) is 7.58. The van der Waals surface area contributed by atoms with Gasteiger partial charge >= 0.3 is 0 Å². The summed E-state index contributed by atoms with van der Waals surface area (Å²) >= 11 is 0. The number of aryl methyl sites for hydroxylation is 2. The van der Waals surface area contributed by atoms with Crippen LogP contribution in [0.1, 0.15) is 61.1 Å². The van der Waals surface area contributed by atoms with Crippen molar-refractivity contribution < 1.29 is 14.6 Å². The summed E-state index contributed by atoms with van der Waals surface area (Å²) in [5.41, 5.74) is 7.28. The standard InChI is InChI=1S/C35H40O3/c1-25-7-11-27(12-8-25)34(3,4)29-15-19-32(20-16-29)37-23-31(36)24-38-33-21-17-30(18-22-33)35(5,6)28-13-9-26(2)10-14-28/h7-22,31,36H,23-24H2,1-6H3. The van der Waals surface area contributed by atoms with Crippen molar-refractivity contribution in [3.8, 4) is 11.5 Å². The van der Waals surface area contributed by atoms with Gasteiger partial charge in [0.25, 0.3) is 0 Å². The van der Waals surface area contributed by atoms with E-state index in [-0.39, 0.29) is 24.0 Å². The lowest BCUT2D eigenvalue weighted by atomic mass is 9.78. The van der Waals surface area contributed by atoms with Crippen molar-refractivity contribution in [2.45, 2.75) is 58.5 Å². The van der Waals surface area contributed by atoms with Crippen LogP contribution < -0.4 is 9.47 Å². The molecule has 0 heterocycles. The average Bonchev–Trinajstić information content (AvgIpc) is 2.91. The lowest BCUT2D eigenvalue weighted by Gasteiger charge is -2.26. The van der Waals surface area contributed by atoms with Crippen LogP contribution in [0.15, 0.2) is 97.1 Å². The van der Waals surface area contributed by atoms with E-state index in [1.807, 2.05) is 24.3 Å². The van der Waals surface area contributed by atoms with Crippen LogP contribution in [0.5, 0.6) is 11.5 Å². The first-order valence-electron chi connectivity index (χ1n) is 13.3. The number of hydrogen-bond acceptors (Lipinski definition) is 3. The van der Waals surface area contributed by atoms with Gasteiger partial charge in [-0.1, -0.05) is 112 Å². The van der Waals surface area contributed by atoms with E-state index in [1.54, 1.807) is 0 Å². The monoisotopic (exact) mass is 508 g/mol. The molecule has 0 bridgehead atoms. The van der Waals surface area contributed by atoms with E-state index in [2.05, 4.69) is 114 Å². The smallest absolute Gasteiger partial charge is 0.122 e. The van der Waals surface area contributed by atoms with Crippen molar-refractivity contribution in [3.05, 3.63) is 130 Å². The number of aliphatic hydroxyl groups excluding tert-OH is 1. The molecule has 0 aliphatic carbocycles. The van der Waals surface area contributed by atoms with Crippen LogP contribution in [-0.2, 0) is 10.8 Å². The third-order valence-corrected chi connectivity index (χ3v) is 7.58. The summed E-state index contributed by atoms with van der Waals surface area (Å²) in [4.78, 5) is 0. The average molecular weight is 509 g/mol. The Hall–Kier alpha value is -3.56. The Morgan fingerprint density at radius 1 is 0.500 bits per heavy atom. The molecule has 3 heteroatoms. The summed E-state index contributed by atoms with van der Waals surface area (Å²) in [6, 6.07) is 33.6. The minimum atomic E-state index is -0.734. The second-order valence-electron chi connectivity index (χ2n) is 11.3. The molecule has 0 amide bonds. The molecular formula is C35H40O3. The fourth-order valence-corrected chi connectivity index (χ4v) is 4.64. The highest BCUT2D eigenvalue weighted by Gasteiger charge is 2.24. The normalized spacial score (nSPS) is 12.0. The Labute approximate surface area is 228 Å². The van der Waals surface area contributed by atoms with Crippen LogP contribution in [0.3, 0.4) is 0 Å². The molecule has 4 aromatic carbocycles. The van der Waals surface area contributed by atoms with Gasteiger partial charge in [-0.2, -0.15) is 0 Å². The highest BCUT2D eigenvalue weighted by Crippen LogP contribution is 2.33. The second kappa shape index (κ2) is 11.4. The summed E-state index contributed by atoms with van der Waals surface area (Å²) in [6.45, 7) is 13.4. The first kappa shape index (κ1) is 27.5. The molecule has 4 rings (SSSR count). The van der Waals surface area contributed by atoms with Crippen molar-refractivity contribution in [2.24, 2.45) is 0 Å². The minimum absolute atomic E-state index is 0.107. The molecular weight excluding hydrogens is 468 g/mol. The van der Waals surface area contributed by atoms with Crippen molar-refractivity contribution in [1.29, 1.82) is 0 Å². The van der Waals surface area contributed by atoms with E-state index in [0.29, 0.717) is 0 Å². The van der Waals surface area contributed by atoms with Crippen LogP contribution in [0.4, 0.5) is 0 Å². The predicted molar refractivity (Wildman–Crippen MR) is 156 cm³/mol. The van der Waals surface area contributed by atoms with Gasteiger partial charge in [-0.25, -0.2) is 0 Å². The molecule has 0 aliphatic rings. The molecule has 0 aromatic heterocycles. The number of aliphatic hydroxyl groups is 1. The van der Waals surface area contributed by atoms with Gasteiger partial charge in [0.2, 0.25) is 0 Å². The van der Waals surface area contributed by atoms with Crippen LogP contribution in [-0.4, -0.2) is 24.4 Å². The van der Waals surface area contributed by atoms with Gasteiger partial charge < -0.3 is 14.6 Å². The Bertz CT molecular complexity index is 1190. The van der Waals surface area contributed by atoms with Crippen LogP contribution in [0.2, 0.25) is 0 Å². The maximum absolute atomic E-state index is 10.4. The van der Waals surface area contributed by atoms with Gasteiger partial charge in [0, 0.05) is 10.8 Å². The number of benzene rings is 4. The zero-order valence-electron chi connectivity index (χ0n) is 23.5. The molecule has 0 fully saturated rings. The Morgan fingerprint density at radius 2 is 0.763 bits per heavy atom. The lowest BCUT2D eigenvalue weighted by molar-refractivity contribution is 0.0626. The first-order chi connectivity index (χ1) is 18.1. The van der Waals surface area contributed by atoms with E-state index in [9.17, 15) is 5.11 Å². The minimum Gasteiger partial charge on any atom is -0.491 e. The second-order valence-corrected chi connectivity index (χ2v) is 11.3. The largest absolute Gasteiger partial charge is 0.491 e. The van der Waals surface area contributed by atoms with Crippen molar-refractivity contribution >= 4 is 0 Å². The van der Waals surface area contributed by atoms with Gasteiger partial charge in [0.1, 0.15) is 30.8 Å². The molecule has 0 saturated heterocycles. The number of rotatable bonds is 10. The SMILES string of the molecule is Cc1ccc(C(C)(C)c2ccc(OCC(O)COc3ccc(C(C)(C)c4ccc(C)cc4)cc3)cc2)cc1. The third kappa shape index (κ3) is 6.46. The summed E-state index contributed by atoms with van der Waals surface area (Å²) in [5, 5.41) is 10.4. The van der Waals surface area contributed by atoms with E-state index in [0.717, 1.165) is 11.5 Å². The topological polar surface area (TPSA) is 38.7 Å². The summed E-state index contributed by atoms with van der Waals surface area (Å²) in [6.07, 6.45) is -0.734. The van der Waals surface area contributed by atoms with Gasteiger partial charge in [0.05, 0.1) is 0 Å². The molecule has 0 aliphatic heterocycles. The maximum Gasteiger partial charge on any atom is 0.122 e. The zero-order valence-corrected chi connectivity index (χ0v) is 23.5. The van der Waals surface area contributed by atoms with Gasteiger partial charge in [0.15, 0.2) is 0 Å². The molecule has 198 valence electrons. The first-order valence-corrected chi connectivity index (χ1v) is 13.3. The highest BCUT2D eigenvalue weighted by atomic mass is 16.5. The maximum atomic E-state index is 10.4. The van der Waals surface area contributed by atoms with Gasteiger partial charge in [-0.3, -0.25) is 0 Å².